The maximum Gasteiger partial charge on any atom is 0.333 e. The summed E-state index contributed by atoms with van der Waals surface area (Å²) in [4.78, 5) is 12.3. The van der Waals surface area contributed by atoms with E-state index in [-0.39, 0.29) is 0 Å². The highest BCUT2D eigenvalue weighted by atomic mass is 32.1. The fourth-order valence-electron chi connectivity index (χ4n) is 2.43. The Bertz CT molecular complexity index is 585. The summed E-state index contributed by atoms with van der Waals surface area (Å²) in [6.07, 6.45) is -3.86. The highest BCUT2D eigenvalue weighted by Crippen LogP contribution is 2.26. The van der Waals surface area contributed by atoms with Gasteiger partial charge in [-0.3, -0.25) is 0 Å². The molecule has 1 saturated heterocycles. The summed E-state index contributed by atoms with van der Waals surface area (Å²) in [7, 11) is 0. The molecule has 1 aromatic carbocycles. The van der Waals surface area contributed by atoms with Crippen LogP contribution in [0.3, 0.4) is 0 Å². The number of benzene rings is 1. The zero-order valence-corrected chi connectivity index (χ0v) is 15.7. The van der Waals surface area contributed by atoms with Crippen LogP contribution >= 0.6 is 12.8 Å². The van der Waals surface area contributed by atoms with Crippen LogP contribution in [0.4, 0.5) is 10.5 Å². The predicted molar refractivity (Wildman–Crippen MR) is 99.0 cm³/mol. The lowest BCUT2D eigenvalue weighted by Crippen LogP contribution is -2.44. The molecule has 0 aromatic heterocycles. The van der Waals surface area contributed by atoms with E-state index in [4.69, 9.17) is 14.6 Å². The van der Waals surface area contributed by atoms with Gasteiger partial charge in [-0.15, -0.1) is 0 Å². The third-order valence-electron chi connectivity index (χ3n) is 4.04. The van der Waals surface area contributed by atoms with E-state index in [1.54, 1.807) is 24.3 Å². The predicted octanol–water partition coefficient (Wildman–Crippen LogP) is 1.23. The first-order chi connectivity index (χ1) is 12.3. The molecule has 2 amide bonds. The minimum Gasteiger partial charge on any atom is -0.494 e. The first-order valence-electron chi connectivity index (χ1n) is 8.48. The topological polar surface area (TPSA) is 111 Å². The molecular formula is C17H26N2O6S. The number of carbonyl (C=O) groups is 1. The molecule has 0 aliphatic carbocycles. The normalized spacial score (nSPS) is 25.3. The molecule has 8 nitrogen and oxygen atoms in total. The highest BCUT2D eigenvalue weighted by Gasteiger charge is 2.46. The molecule has 1 aromatic rings. The largest absolute Gasteiger partial charge is 0.494 e. The first kappa shape index (κ1) is 20.8. The Morgan fingerprint density at radius 1 is 1.31 bits per heavy atom. The molecule has 0 bridgehead atoms. The van der Waals surface area contributed by atoms with Gasteiger partial charge in [0.05, 0.1) is 13.2 Å². The first-order valence-corrected chi connectivity index (χ1v) is 8.88. The van der Waals surface area contributed by atoms with E-state index in [2.05, 4.69) is 32.0 Å². The van der Waals surface area contributed by atoms with Gasteiger partial charge >= 0.3 is 6.03 Å². The van der Waals surface area contributed by atoms with Crippen molar-refractivity contribution in [3.8, 4) is 5.75 Å². The SMILES string of the molecule is CC(C)CCOc1ccc(NC(=O)N(S)[C@@H]2O[C@H](CO)[C@@H](O)[C@@H]2O)cc1. The molecule has 0 unspecified atom stereocenters. The lowest BCUT2D eigenvalue weighted by atomic mass is 10.1. The number of nitrogens with zero attached hydrogens (tertiary/aromatic N) is 1. The van der Waals surface area contributed by atoms with Gasteiger partial charge in [-0.2, -0.15) is 0 Å². The molecule has 146 valence electrons. The number of thiol groups is 1. The van der Waals surface area contributed by atoms with E-state index in [0.717, 1.165) is 10.7 Å². The second kappa shape index (κ2) is 9.43. The van der Waals surface area contributed by atoms with Crippen molar-refractivity contribution >= 4 is 24.5 Å². The van der Waals surface area contributed by atoms with Crippen LogP contribution in [0.5, 0.6) is 5.75 Å². The van der Waals surface area contributed by atoms with Crippen molar-refractivity contribution in [1.82, 2.24) is 4.31 Å². The van der Waals surface area contributed by atoms with E-state index in [9.17, 15) is 15.0 Å². The molecule has 1 fully saturated rings. The quantitative estimate of drug-likeness (QED) is 0.451. The van der Waals surface area contributed by atoms with Crippen molar-refractivity contribution in [3.63, 3.8) is 0 Å². The van der Waals surface area contributed by atoms with Gasteiger partial charge in [-0.1, -0.05) is 26.7 Å². The number of hydrogen-bond donors (Lipinski definition) is 5. The average molecular weight is 386 g/mol. The Morgan fingerprint density at radius 3 is 2.50 bits per heavy atom. The Labute approximate surface area is 158 Å². The standard InChI is InChI=1S/C17H26N2O6S/c1-10(2)7-8-24-12-5-3-11(4-6-12)18-17(23)19(26)16-15(22)14(21)13(9-20)25-16/h3-6,10,13-16,20-22,26H,7-9H2,1-2H3,(H,18,23)/t13-,14-,15+,16-/m1/s1. The monoisotopic (exact) mass is 386 g/mol. The summed E-state index contributed by atoms with van der Waals surface area (Å²) >= 11 is 4.03. The highest BCUT2D eigenvalue weighted by molar-refractivity contribution is 7.78. The maximum atomic E-state index is 12.3. The van der Waals surface area contributed by atoms with Gasteiger partial charge in [0.1, 0.15) is 24.1 Å². The van der Waals surface area contributed by atoms with Gasteiger partial charge in [0.15, 0.2) is 6.23 Å². The van der Waals surface area contributed by atoms with Crippen molar-refractivity contribution in [2.24, 2.45) is 5.92 Å². The molecule has 2 rings (SSSR count). The van der Waals surface area contributed by atoms with Gasteiger partial charge in [0.2, 0.25) is 0 Å². The van der Waals surface area contributed by atoms with Gasteiger partial charge in [-0.25, -0.2) is 9.10 Å². The summed E-state index contributed by atoms with van der Waals surface area (Å²) in [5, 5.41) is 31.4. The summed E-state index contributed by atoms with van der Waals surface area (Å²) in [5.41, 5.74) is 0.511. The fourth-order valence-corrected chi connectivity index (χ4v) is 2.67. The van der Waals surface area contributed by atoms with E-state index >= 15 is 0 Å². The number of aliphatic hydroxyl groups is 3. The molecule has 4 atom stereocenters. The van der Waals surface area contributed by atoms with E-state index < -0.39 is 37.2 Å². The maximum absolute atomic E-state index is 12.3. The number of urea groups is 1. The van der Waals surface area contributed by atoms with Crippen LogP contribution in [0.2, 0.25) is 0 Å². The van der Waals surface area contributed by atoms with Crippen molar-refractivity contribution in [2.75, 3.05) is 18.5 Å². The molecule has 26 heavy (non-hydrogen) atoms. The minimum atomic E-state index is -1.37. The third kappa shape index (κ3) is 5.24. The summed E-state index contributed by atoms with van der Waals surface area (Å²) < 4.78 is 11.7. The number of anilines is 1. The molecule has 0 saturated carbocycles. The van der Waals surface area contributed by atoms with Crippen molar-refractivity contribution in [1.29, 1.82) is 0 Å². The van der Waals surface area contributed by atoms with Crippen LogP contribution in [0.25, 0.3) is 0 Å². The van der Waals surface area contributed by atoms with Crippen molar-refractivity contribution in [2.45, 2.75) is 44.8 Å². The van der Waals surface area contributed by atoms with Crippen molar-refractivity contribution < 1.29 is 29.6 Å². The van der Waals surface area contributed by atoms with E-state index in [1.807, 2.05) is 0 Å². The lowest BCUT2D eigenvalue weighted by Gasteiger charge is -2.25. The lowest BCUT2D eigenvalue weighted by molar-refractivity contribution is -0.0500. The second-order valence-electron chi connectivity index (χ2n) is 6.56. The zero-order chi connectivity index (χ0) is 19.3. The summed E-state index contributed by atoms with van der Waals surface area (Å²) in [6, 6.07) is 6.20. The number of ether oxygens (including phenoxy) is 2. The van der Waals surface area contributed by atoms with Crippen molar-refractivity contribution in [3.05, 3.63) is 24.3 Å². The number of nitrogens with one attached hydrogen (secondary N) is 1. The molecule has 4 N–H and O–H groups in total. The number of aliphatic hydroxyl groups excluding tert-OH is 3. The second-order valence-corrected chi connectivity index (χ2v) is 6.99. The Kier molecular flexibility index (Phi) is 7.54. The molecule has 1 aliphatic heterocycles. The van der Waals surface area contributed by atoms with Crippen LogP contribution in [0, 0.1) is 5.92 Å². The molecule has 0 radical (unpaired) electrons. The van der Waals surface area contributed by atoms with Crippen LogP contribution < -0.4 is 10.1 Å². The average Bonchev–Trinajstić information content (AvgIpc) is 2.90. The van der Waals surface area contributed by atoms with Crippen LogP contribution in [-0.2, 0) is 4.74 Å². The number of hydrogen-bond acceptors (Lipinski definition) is 7. The van der Waals surface area contributed by atoms with Gasteiger partial charge < -0.3 is 30.1 Å². The number of carbonyl (C=O) groups excluding carboxylic acids is 1. The smallest absolute Gasteiger partial charge is 0.333 e. The molecule has 9 heteroatoms. The Hall–Kier alpha value is -1.52. The molecule has 1 aliphatic rings. The van der Waals surface area contributed by atoms with Gasteiger partial charge in [0, 0.05) is 5.69 Å². The van der Waals surface area contributed by atoms with Crippen LogP contribution in [0.15, 0.2) is 24.3 Å². The van der Waals surface area contributed by atoms with Crippen LogP contribution in [0.1, 0.15) is 20.3 Å². The minimum absolute atomic E-state index is 0.476. The van der Waals surface area contributed by atoms with Gasteiger partial charge in [0.25, 0.3) is 0 Å². The molecule has 0 spiro atoms. The van der Waals surface area contributed by atoms with E-state index in [0.29, 0.717) is 24.0 Å². The number of rotatable bonds is 7. The summed E-state index contributed by atoms with van der Waals surface area (Å²) in [6.45, 7) is 4.39. The molecule has 1 heterocycles. The molecular weight excluding hydrogens is 360 g/mol. The van der Waals surface area contributed by atoms with Gasteiger partial charge in [-0.05, 0) is 36.6 Å². The summed E-state index contributed by atoms with van der Waals surface area (Å²) in [5.74, 6) is 1.27. The Morgan fingerprint density at radius 2 is 1.96 bits per heavy atom. The van der Waals surface area contributed by atoms with Crippen LogP contribution in [-0.4, -0.2) is 63.4 Å². The Balaban J connectivity index is 1.88. The van der Waals surface area contributed by atoms with E-state index in [1.165, 1.54) is 0 Å². The third-order valence-corrected chi connectivity index (χ3v) is 4.45. The zero-order valence-electron chi connectivity index (χ0n) is 14.8. The fraction of sp³-hybridized carbons (Fsp3) is 0.588. The number of amides is 2.